The molecule has 24 heavy (non-hydrogen) atoms. The third-order valence-electron chi connectivity index (χ3n) is 3.49. The van der Waals surface area contributed by atoms with Crippen molar-refractivity contribution < 1.29 is 14.8 Å². The first-order valence-electron chi connectivity index (χ1n) is 7.27. The van der Waals surface area contributed by atoms with Crippen molar-refractivity contribution in [3.8, 4) is 11.4 Å². The van der Waals surface area contributed by atoms with Gasteiger partial charge in [0.25, 0.3) is 5.69 Å². The predicted molar refractivity (Wildman–Crippen MR) is 87.1 cm³/mol. The zero-order valence-corrected chi connectivity index (χ0v) is 12.6. The van der Waals surface area contributed by atoms with Crippen LogP contribution in [0.2, 0.25) is 0 Å². The molecule has 122 valence electrons. The zero-order valence-electron chi connectivity index (χ0n) is 12.6. The molecule has 0 aliphatic heterocycles. The van der Waals surface area contributed by atoms with E-state index in [2.05, 4.69) is 4.98 Å². The summed E-state index contributed by atoms with van der Waals surface area (Å²) >= 11 is 0. The maximum Gasteiger partial charge on any atom is 0.269 e. The molecule has 3 aromatic rings. The maximum absolute atomic E-state index is 10.8. The smallest absolute Gasteiger partial charge is 0.269 e. The van der Waals surface area contributed by atoms with Crippen LogP contribution in [-0.4, -0.2) is 26.2 Å². The van der Waals surface area contributed by atoms with Gasteiger partial charge >= 0.3 is 0 Å². The van der Waals surface area contributed by atoms with Crippen LogP contribution in [0.4, 0.5) is 5.69 Å². The molecule has 0 bridgehead atoms. The summed E-state index contributed by atoms with van der Waals surface area (Å²) in [6, 6.07) is 13.2. The van der Waals surface area contributed by atoms with E-state index >= 15 is 0 Å². The highest BCUT2D eigenvalue weighted by Gasteiger charge is 2.13. The summed E-state index contributed by atoms with van der Waals surface area (Å²) in [5, 5.41) is 21.0. The fraction of sp³-hybridized carbons (Fsp3) is 0.118. The standard InChI is InChI=1S/C17H15N3O4/c21-17(13-3-1-5-15(9-13)20(22)23)11-24-16-6-2-4-14(10-16)19-8-7-18-12-19/h1-10,12,17,21H,11H2. The van der Waals surface area contributed by atoms with E-state index in [1.165, 1.54) is 18.2 Å². The predicted octanol–water partition coefficient (Wildman–Crippen LogP) is 2.89. The Labute approximate surface area is 137 Å². The molecular weight excluding hydrogens is 310 g/mol. The summed E-state index contributed by atoms with van der Waals surface area (Å²) in [6.07, 6.45) is 4.22. The second kappa shape index (κ2) is 6.93. The molecule has 0 amide bonds. The topological polar surface area (TPSA) is 90.4 Å². The molecule has 0 fully saturated rings. The molecule has 0 aliphatic carbocycles. The minimum Gasteiger partial charge on any atom is -0.490 e. The van der Waals surface area contributed by atoms with Crippen LogP contribution in [0.5, 0.6) is 5.75 Å². The number of benzene rings is 2. The van der Waals surface area contributed by atoms with Crippen LogP contribution in [0, 0.1) is 10.1 Å². The molecule has 0 radical (unpaired) electrons. The lowest BCUT2D eigenvalue weighted by Gasteiger charge is -2.13. The molecule has 7 nitrogen and oxygen atoms in total. The SMILES string of the molecule is O=[N+]([O-])c1cccc(C(O)COc2cccc(-n3ccnc3)c2)c1. The van der Waals surface area contributed by atoms with Gasteiger partial charge in [0.05, 0.1) is 16.9 Å². The number of aromatic nitrogens is 2. The summed E-state index contributed by atoms with van der Waals surface area (Å²) in [6.45, 7) is -0.00541. The highest BCUT2D eigenvalue weighted by Crippen LogP contribution is 2.22. The molecule has 1 atom stereocenters. The van der Waals surface area contributed by atoms with E-state index in [9.17, 15) is 15.2 Å². The van der Waals surface area contributed by atoms with E-state index in [0.29, 0.717) is 11.3 Å². The number of nitro benzene ring substituents is 1. The van der Waals surface area contributed by atoms with Crippen molar-refractivity contribution in [3.63, 3.8) is 0 Å². The Morgan fingerprint density at radius 1 is 1.25 bits per heavy atom. The minimum absolute atomic E-state index is 0.00541. The van der Waals surface area contributed by atoms with E-state index in [4.69, 9.17) is 4.74 Å². The Morgan fingerprint density at radius 3 is 2.83 bits per heavy atom. The number of aliphatic hydroxyl groups excluding tert-OH is 1. The Bertz CT molecular complexity index is 833. The van der Waals surface area contributed by atoms with Crippen LogP contribution in [-0.2, 0) is 0 Å². The number of imidazole rings is 1. The lowest BCUT2D eigenvalue weighted by atomic mass is 10.1. The van der Waals surface area contributed by atoms with Crippen molar-refractivity contribution in [2.45, 2.75) is 6.10 Å². The number of hydrogen-bond acceptors (Lipinski definition) is 5. The van der Waals surface area contributed by atoms with Gasteiger partial charge in [-0.05, 0) is 17.7 Å². The van der Waals surface area contributed by atoms with E-state index in [-0.39, 0.29) is 12.3 Å². The van der Waals surface area contributed by atoms with Gasteiger partial charge in [0.1, 0.15) is 18.5 Å². The summed E-state index contributed by atoms with van der Waals surface area (Å²) in [5.41, 5.74) is 1.26. The van der Waals surface area contributed by atoms with Crippen LogP contribution in [0.15, 0.2) is 67.3 Å². The Morgan fingerprint density at radius 2 is 2.08 bits per heavy atom. The quantitative estimate of drug-likeness (QED) is 0.556. The molecule has 1 N–H and O–H groups in total. The summed E-state index contributed by atoms with van der Waals surface area (Å²) in [7, 11) is 0. The van der Waals surface area contributed by atoms with Gasteiger partial charge in [-0.15, -0.1) is 0 Å². The lowest BCUT2D eigenvalue weighted by Crippen LogP contribution is -2.10. The molecule has 7 heteroatoms. The fourth-order valence-corrected chi connectivity index (χ4v) is 2.26. The summed E-state index contributed by atoms with van der Waals surface area (Å²) < 4.78 is 7.44. The van der Waals surface area contributed by atoms with Crippen molar-refractivity contribution in [2.24, 2.45) is 0 Å². The molecule has 1 aromatic heterocycles. The van der Waals surface area contributed by atoms with E-state index < -0.39 is 11.0 Å². The van der Waals surface area contributed by atoms with Gasteiger partial charge in [-0.25, -0.2) is 4.98 Å². The van der Waals surface area contributed by atoms with Crippen molar-refractivity contribution in [1.29, 1.82) is 0 Å². The Balaban J connectivity index is 1.68. The Kier molecular flexibility index (Phi) is 4.53. The molecule has 2 aromatic carbocycles. The average Bonchev–Trinajstić information content (AvgIpc) is 3.15. The average molecular weight is 325 g/mol. The van der Waals surface area contributed by atoms with Gasteiger partial charge in [0.2, 0.25) is 0 Å². The number of hydrogen-bond donors (Lipinski definition) is 1. The molecule has 0 saturated heterocycles. The fourth-order valence-electron chi connectivity index (χ4n) is 2.26. The monoisotopic (exact) mass is 325 g/mol. The van der Waals surface area contributed by atoms with Gasteiger partial charge in [0, 0.05) is 30.6 Å². The minimum atomic E-state index is -0.957. The number of nitrogens with zero attached hydrogens (tertiary/aromatic N) is 3. The zero-order chi connectivity index (χ0) is 16.9. The number of rotatable bonds is 6. The highest BCUT2D eigenvalue weighted by molar-refractivity contribution is 5.39. The highest BCUT2D eigenvalue weighted by atomic mass is 16.6. The molecule has 0 aliphatic rings. The third-order valence-corrected chi connectivity index (χ3v) is 3.49. The van der Waals surface area contributed by atoms with Crippen LogP contribution < -0.4 is 4.74 Å². The molecular formula is C17H15N3O4. The Hall–Kier alpha value is -3.19. The lowest BCUT2D eigenvalue weighted by molar-refractivity contribution is -0.385. The maximum atomic E-state index is 10.8. The number of ether oxygens (including phenoxy) is 1. The number of non-ortho nitro benzene ring substituents is 1. The first-order chi connectivity index (χ1) is 11.6. The van der Waals surface area contributed by atoms with Crippen molar-refractivity contribution in [1.82, 2.24) is 9.55 Å². The van der Waals surface area contributed by atoms with Crippen molar-refractivity contribution >= 4 is 5.69 Å². The number of aliphatic hydroxyl groups is 1. The van der Waals surface area contributed by atoms with Gasteiger partial charge < -0.3 is 14.4 Å². The van der Waals surface area contributed by atoms with Gasteiger partial charge in [-0.3, -0.25) is 10.1 Å². The van der Waals surface area contributed by atoms with E-state index in [1.54, 1.807) is 24.7 Å². The molecule has 0 saturated carbocycles. The molecule has 3 rings (SSSR count). The van der Waals surface area contributed by atoms with Crippen molar-refractivity contribution in [3.05, 3.63) is 82.9 Å². The van der Waals surface area contributed by atoms with Gasteiger partial charge in [0.15, 0.2) is 0 Å². The van der Waals surface area contributed by atoms with Crippen LogP contribution in [0.1, 0.15) is 11.7 Å². The van der Waals surface area contributed by atoms with Crippen LogP contribution >= 0.6 is 0 Å². The molecule has 0 spiro atoms. The van der Waals surface area contributed by atoms with Crippen LogP contribution in [0.3, 0.4) is 0 Å². The second-order valence-corrected chi connectivity index (χ2v) is 5.15. The van der Waals surface area contributed by atoms with Crippen molar-refractivity contribution in [2.75, 3.05) is 6.61 Å². The normalized spacial score (nSPS) is 11.9. The second-order valence-electron chi connectivity index (χ2n) is 5.15. The third kappa shape index (κ3) is 3.58. The van der Waals surface area contributed by atoms with E-state index in [1.807, 2.05) is 29.0 Å². The first kappa shape index (κ1) is 15.7. The molecule has 1 heterocycles. The van der Waals surface area contributed by atoms with Gasteiger partial charge in [-0.1, -0.05) is 18.2 Å². The van der Waals surface area contributed by atoms with Crippen LogP contribution in [0.25, 0.3) is 5.69 Å². The summed E-state index contributed by atoms with van der Waals surface area (Å²) in [4.78, 5) is 14.3. The van der Waals surface area contributed by atoms with E-state index in [0.717, 1.165) is 5.69 Å². The summed E-state index contributed by atoms with van der Waals surface area (Å²) in [5.74, 6) is 0.589. The number of nitro groups is 1. The molecule has 1 unspecified atom stereocenters. The van der Waals surface area contributed by atoms with Gasteiger partial charge in [-0.2, -0.15) is 0 Å². The first-order valence-corrected chi connectivity index (χ1v) is 7.27. The largest absolute Gasteiger partial charge is 0.490 e.